The Hall–Kier alpha value is -3.73. The number of aryl methyl sites for hydroxylation is 1. The lowest BCUT2D eigenvalue weighted by Crippen LogP contribution is -2.41. The van der Waals surface area contributed by atoms with Gasteiger partial charge < -0.3 is 15.4 Å². The smallest absolute Gasteiger partial charge is 0.281 e. The van der Waals surface area contributed by atoms with Gasteiger partial charge >= 0.3 is 0 Å². The molecule has 0 aliphatic carbocycles. The van der Waals surface area contributed by atoms with E-state index in [0.29, 0.717) is 29.9 Å². The molecule has 39 heavy (non-hydrogen) atoms. The highest BCUT2D eigenvalue weighted by atomic mass is 32.2. The van der Waals surface area contributed by atoms with Gasteiger partial charge in [0.1, 0.15) is 11.6 Å². The van der Waals surface area contributed by atoms with Gasteiger partial charge in [-0.05, 0) is 76.8 Å². The van der Waals surface area contributed by atoms with Crippen molar-refractivity contribution in [2.24, 2.45) is 5.92 Å². The molecule has 1 aliphatic rings. The number of sulfonamides is 1. The Morgan fingerprint density at radius 3 is 2.62 bits per heavy atom. The van der Waals surface area contributed by atoms with Crippen LogP contribution in [-0.2, 0) is 10.0 Å². The van der Waals surface area contributed by atoms with Gasteiger partial charge in [0.15, 0.2) is 5.03 Å². The quantitative estimate of drug-likeness (QED) is 0.417. The zero-order valence-electron chi connectivity index (χ0n) is 23.2. The topological polar surface area (TPSA) is 140 Å². The summed E-state index contributed by atoms with van der Waals surface area (Å²) < 4.78 is 33.9. The van der Waals surface area contributed by atoms with E-state index in [-0.39, 0.29) is 28.1 Å². The van der Waals surface area contributed by atoms with Crippen molar-refractivity contribution in [2.45, 2.75) is 71.1 Å². The molecule has 1 saturated heterocycles. The van der Waals surface area contributed by atoms with Crippen LogP contribution in [0.3, 0.4) is 0 Å². The molecule has 0 aromatic carbocycles. The number of carbonyl (C=O) groups is 1. The van der Waals surface area contributed by atoms with Crippen molar-refractivity contribution in [3.63, 3.8) is 0 Å². The second-order valence-electron chi connectivity index (χ2n) is 10.8. The van der Waals surface area contributed by atoms with Crippen molar-refractivity contribution in [3.8, 4) is 17.1 Å². The maximum Gasteiger partial charge on any atom is 0.281 e. The van der Waals surface area contributed by atoms with E-state index in [0.717, 1.165) is 24.0 Å². The first kappa shape index (κ1) is 28.3. The molecule has 11 heteroatoms. The Bertz CT molecular complexity index is 1490. The van der Waals surface area contributed by atoms with Crippen LogP contribution in [0.2, 0.25) is 0 Å². The number of hydrogen-bond acceptors (Lipinski definition) is 9. The molecule has 4 rings (SSSR count). The monoisotopic (exact) mass is 552 g/mol. The van der Waals surface area contributed by atoms with Crippen molar-refractivity contribution in [1.82, 2.24) is 19.7 Å². The van der Waals surface area contributed by atoms with Gasteiger partial charge in [-0.2, -0.15) is 8.42 Å². The zero-order chi connectivity index (χ0) is 28.5. The summed E-state index contributed by atoms with van der Waals surface area (Å²) in [5, 5.41) is -0.335. The fraction of sp³-hybridized carbons (Fsp3) is 0.429. The number of rotatable bonds is 8. The van der Waals surface area contributed by atoms with Gasteiger partial charge in [-0.1, -0.05) is 19.9 Å². The molecule has 1 fully saturated rings. The van der Waals surface area contributed by atoms with Gasteiger partial charge in [0.2, 0.25) is 5.88 Å². The number of nitrogens with two attached hydrogens (primary N) is 1. The van der Waals surface area contributed by atoms with Crippen LogP contribution in [0.25, 0.3) is 11.3 Å². The van der Waals surface area contributed by atoms with E-state index in [9.17, 15) is 13.2 Å². The third kappa shape index (κ3) is 6.13. The predicted molar refractivity (Wildman–Crippen MR) is 151 cm³/mol. The summed E-state index contributed by atoms with van der Waals surface area (Å²) in [5.41, 5.74) is 7.75. The molecule has 1 aliphatic heterocycles. The molecule has 0 bridgehead atoms. The van der Waals surface area contributed by atoms with Crippen molar-refractivity contribution in [3.05, 3.63) is 53.7 Å². The fourth-order valence-electron chi connectivity index (χ4n) is 4.86. The van der Waals surface area contributed by atoms with Crippen LogP contribution >= 0.6 is 0 Å². The summed E-state index contributed by atoms with van der Waals surface area (Å²) in [6.45, 7) is 13.0. The van der Waals surface area contributed by atoms with E-state index in [1.165, 1.54) is 18.2 Å². The molecule has 0 radical (unpaired) electrons. The molecule has 3 aromatic rings. The zero-order valence-corrected chi connectivity index (χ0v) is 24.0. The Kier molecular flexibility index (Phi) is 7.83. The van der Waals surface area contributed by atoms with Crippen LogP contribution < -0.4 is 20.1 Å². The highest BCUT2D eigenvalue weighted by Gasteiger charge is 2.39. The summed E-state index contributed by atoms with van der Waals surface area (Å²) >= 11 is 0. The van der Waals surface area contributed by atoms with Crippen LogP contribution in [0.4, 0.5) is 11.6 Å². The fourth-order valence-corrected chi connectivity index (χ4v) is 5.80. The Labute approximate surface area is 230 Å². The predicted octanol–water partition coefficient (Wildman–Crippen LogP) is 4.35. The van der Waals surface area contributed by atoms with Crippen LogP contribution in [0.1, 0.15) is 63.4 Å². The minimum Gasteiger partial charge on any atom is -0.474 e. The number of anilines is 2. The second kappa shape index (κ2) is 10.8. The molecule has 1 unspecified atom stereocenters. The van der Waals surface area contributed by atoms with E-state index in [1.54, 1.807) is 18.3 Å². The summed E-state index contributed by atoms with van der Waals surface area (Å²) in [5.74, 6) is 0.582. The number of aromatic nitrogens is 3. The van der Waals surface area contributed by atoms with Crippen molar-refractivity contribution in [2.75, 3.05) is 17.2 Å². The SMILES string of the molecule is CCC(C)Oc1ncc(-c2ccc(C(=O)NS(=O)(=O)c3cccc(N)n3)c(N3C[C@@H](C)CC3(C)C)n2)cc1C. The number of hydrogen-bond donors (Lipinski definition) is 2. The summed E-state index contributed by atoms with van der Waals surface area (Å²) in [7, 11) is -4.26. The number of nitrogens with one attached hydrogen (secondary N) is 1. The Morgan fingerprint density at radius 1 is 1.26 bits per heavy atom. The molecular formula is C28H36N6O4S. The average molecular weight is 553 g/mol. The van der Waals surface area contributed by atoms with E-state index in [4.69, 9.17) is 15.5 Å². The average Bonchev–Trinajstić information content (AvgIpc) is 3.15. The molecule has 0 saturated carbocycles. The normalized spacial score (nSPS) is 17.6. The van der Waals surface area contributed by atoms with E-state index >= 15 is 0 Å². The highest BCUT2D eigenvalue weighted by molar-refractivity contribution is 7.90. The molecule has 4 heterocycles. The van der Waals surface area contributed by atoms with E-state index in [2.05, 4.69) is 47.3 Å². The maximum absolute atomic E-state index is 13.4. The van der Waals surface area contributed by atoms with Gasteiger partial charge in [0.05, 0.1) is 17.4 Å². The van der Waals surface area contributed by atoms with Crippen molar-refractivity contribution in [1.29, 1.82) is 0 Å². The lowest BCUT2D eigenvalue weighted by Gasteiger charge is -2.34. The summed E-state index contributed by atoms with van der Waals surface area (Å²) in [6.07, 6.45) is 3.51. The lowest BCUT2D eigenvalue weighted by molar-refractivity contribution is 0.0981. The number of carbonyl (C=O) groups excluding carboxylic acids is 1. The van der Waals surface area contributed by atoms with Gasteiger partial charge in [-0.25, -0.2) is 19.7 Å². The van der Waals surface area contributed by atoms with E-state index < -0.39 is 15.9 Å². The van der Waals surface area contributed by atoms with Gasteiger partial charge in [0, 0.05) is 29.4 Å². The Balaban J connectivity index is 1.74. The first-order valence-electron chi connectivity index (χ1n) is 13.0. The largest absolute Gasteiger partial charge is 0.474 e. The molecule has 10 nitrogen and oxygen atoms in total. The third-order valence-electron chi connectivity index (χ3n) is 6.91. The summed E-state index contributed by atoms with van der Waals surface area (Å²) in [6, 6.07) is 9.47. The van der Waals surface area contributed by atoms with Gasteiger partial charge in [-0.15, -0.1) is 0 Å². The minimum absolute atomic E-state index is 0.0364. The second-order valence-corrected chi connectivity index (χ2v) is 12.4. The number of nitrogen functional groups attached to an aromatic ring is 1. The molecule has 3 aromatic heterocycles. The standard InChI is InChI=1S/C28H36N6O4S/c1-7-19(4)38-27-18(3)13-20(15-30-27)22-12-11-21(25(31-22)34-16-17(2)14-28(34,5)6)26(35)33-39(36,37)24-10-8-9-23(29)32-24/h8-13,15,17,19H,7,14,16H2,1-6H3,(H2,29,32)(H,33,35)/t17-,19?/m0/s1. The Morgan fingerprint density at radius 2 is 2.00 bits per heavy atom. The number of ether oxygens (including phenoxy) is 1. The van der Waals surface area contributed by atoms with Crippen LogP contribution in [0, 0.1) is 12.8 Å². The first-order valence-corrected chi connectivity index (χ1v) is 14.5. The maximum atomic E-state index is 13.4. The molecule has 1 amide bonds. The van der Waals surface area contributed by atoms with Crippen molar-refractivity contribution < 1.29 is 17.9 Å². The van der Waals surface area contributed by atoms with Gasteiger partial charge in [-0.3, -0.25) is 4.79 Å². The van der Waals surface area contributed by atoms with Crippen LogP contribution in [0.5, 0.6) is 5.88 Å². The highest BCUT2D eigenvalue weighted by Crippen LogP contribution is 2.38. The molecule has 3 N–H and O–H groups in total. The van der Waals surface area contributed by atoms with Crippen LogP contribution in [0.15, 0.2) is 47.6 Å². The molecule has 208 valence electrons. The van der Waals surface area contributed by atoms with E-state index in [1.807, 2.05) is 19.9 Å². The number of amides is 1. The number of nitrogens with zero attached hydrogens (tertiary/aromatic N) is 4. The third-order valence-corrected chi connectivity index (χ3v) is 8.14. The van der Waals surface area contributed by atoms with Gasteiger partial charge in [0.25, 0.3) is 15.9 Å². The number of pyridine rings is 3. The molecular weight excluding hydrogens is 516 g/mol. The van der Waals surface area contributed by atoms with Crippen molar-refractivity contribution >= 4 is 27.6 Å². The lowest BCUT2D eigenvalue weighted by atomic mass is 9.97. The summed E-state index contributed by atoms with van der Waals surface area (Å²) in [4.78, 5) is 28.7. The van der Waals surface area contributed by atoms with Crippen LogP contribution in [-0.4, -0.2) is 47.5 Å². The minimum atomic E-state index is -4.26. The molecule has 2 atom stereocenters. The first-order chi connectivity index (χ1) is 18.3. The molecule has 0 spiro atoms.